The van der Waals surface area contributed by atoms with Gasteiger partial charge in [0.15, 0.2) is 0 Å². The van der Waals surface area contributed by atoms with Crippen LogP contribution in [0.2, 0.25) is 0 Å². The molecule has 100 valence electrons. The smallest absolute Gasteiger partial charge is 0.302 e. The normalized spacial score (nSPS) is 10.6. The minimum atomic E-state index is -0.251. The minimum absolute atomic E-state index is 0.197. The molecule has 2 aromatic rings. The summed E-state index contributed by atoms with van der Waals surface area (Å²) in [7, 11) is 1.66. The number of benzene rings is 1. The summed E-state index contributed by atoms with van der Waals surface area (Å²) in [4.78, 5) is 23.8. The maximum Gasteiger partial charge on any atom is 0.330 e. The highest BCUT2D eigenvalue weighted by molar-refractivity contribution is 14.1. The second-order valence-corrected chi connectivity index (χ2v) is 5.58. The van der Waals surface area contributed by atoms with Crippen molar-refractivity contribution in [1.29, 1.82) is 0 Å². The van der Waals surface area contributed by atoms with E-state index in [1.165, 1.54) is 14.7 Å². The van der Waals surface area contributed by atoms with Crippen LogP contribution in [0.3, 0.4) is 0 Å². The summed E-state index contributed by atoms with van der Waals surface area (Å²) in [6.45, 7) is 0.456. The van der Waals surface area contributed by atoms with Gasteiger partial charge in [-0.15, -0.1) is 0 Å². The maximum absolute atomic E-state index is 11.9. The number of nitrogens with zero attached hydrogens (tertiary/aromatic N) is 2. The van der Waals surface area contributed by atoms with Gasteiger partial charge in [-0.25, -0.2) is 4.79 Å². The molecule has 0 atom stereocenters. The van der Waals surface area contributed by atoms with Crippen molar-refractivity contribution in [3.8, 4) is 0 Å². The number of halogens is 1. The second-order valence-electron chi connectivity index (χ2n) is 4.42. The Morgan fingerprint density at radius 2 is 1.84 bits per heavy atom. The minimum Gasteiger partial charge on any atom is -0.302 e. The van der Waals surface area contributed by atoms with Gasteiger partial charge in [0, 0.05) is 19.8 Å². The molecule has 1 aromatic heterocycles. The van der Waals surface area contributed by atoms with E-state index >= 15 is 0 Å². The molecule has 5 heteroatoms. The lowest BCUT2D eigenvalue weighted by molar-refractivity contribution is 0.559. The molecule has 1 aromatic carbocycles. The van der Waals surface area contributed by atoms with Crippen molar-refractivity contribution in [2.75, 3.05) is 0 Å². The van der Waals surface area contributed by atoms with E-state index in [1.54, 1.807) is 13.2 Å². The molecule has 0 radical (unpaired) electrons. The van der Waals surface area contributed by atoms with Gasteiger partial charge in [-0.1, -0.05) is 30.3 Å². The summed E-state index contributed by atoms with van der Waals surface area (Å²) < 4.78 is 3.33. The molecule has 0 amide bonds. The van der Waals surface area contributed by atoms with Crippen molar-refractivity contribution in [3.63, 3.8) is 0 Å². The molecule has 0 aliphatic carbocycles. The average molecular weight is 370 g/mol. The molecular weight excluding hydrogens is 355 g/mol. The molecule has 2 rings (SSSR count). The number of hydrogen-bond acceptors (Lipinski definition) is 2. The van der Waals surface area contributed by atoms with Crippen molar-refractivity contribution in [2.24, 2.45) is 7.05 Å². The van der Waals surface area contributed by atoms with E-state index in [2.05, 4.69) is 12.1 Å². The molecular formula is C14H15IN2O2. The van der Waals surface area contributed by atoms with Crippen molar-refractivity contribution in [2.45, 2.75) is 19.4 Å². The Hall–Kier alpha value is -1.37. The summed E-state index contributed by atoms with van der Waals surface area (Å²) in [6.07, 6.45) is 3.21. The largest absolute Gasteiger partial charge is 0.330 e. The second kappa shape index (κ2) is 6.18. The summed E-state index contributed by atoms with van der Waals surface area (Å²) in [5.74, 6) is 0. The highest BCUT2D eigenvalue weighted by Crippen LogP contribution is 2.03. The van der Waals surface area contributed by atoms with Crippen LogP contribution in [0.5, 0.6) is 0 Å². The van der Waals surface area contributed by atoms with Crippen LogP contribution in [0.4, 0.5) is 0 Å². The van der Waals surface area contributed by atoms with Gasteiger partial charge in [-0.2, -0.15) is 0 Å². The topological polar surface area (TPSA) is 44.0 Å². The Bertz CT molecular complexity index is 640. The Morgan fingerprint density at radius 1 is 1.16 bits per heavy atom. The van der Waals surface area contributed by atoms with Gasteiger partial charge in [0.05, 0.1) is 3.57 Å². The lowest BCUT2D eigenvalue weighted by Crippen LogP contribution is -2.40. The fraction of sp³-hybridized carbons (Fsp3) is 0.286. The zero-order valence-corrected chi connectivity index (χ0v) is 12.8. The molecule has 0 unspecified atom stereocenters. The van der Waals surface area contributed by atoms with Gasteiger partial charge < -0.3 is 4.57 Å². The van der Waals surface area contributed by atoms with E-state index in [4.69, 9.17) is 0 Å². The van der Waals surface area contributed by atoms with Crippen molar-refractivity contribution in [1.82, 2.24) is 9.13 Å². The third kappa shape index (κ3) is 3.34. The lowest BCUT2D eigenvalue weighted by Gasteiger charge is -2.07. The quantitative estimate of drug-likeness (QED) is 0.771. The highest BCUT2D eigenvalue weighted by atomic mass is 127. The summed E-state index contributed by atoms with van der Waals surface area (Å²) >= 11 is 1.96. The van der Waals surface area contributed by atoms with Crippen LogP contribution in [-0.2, 0) is 20.0 Å². The fourth-order valence-electron chi connectivity index (χ4n) is 1.97. The zero-order valence-electron chi connectivity index (χ0n) is 10.7. The molecule has 1 heterocycles. The Labute approximate surface area is 124 Å². The van der Waals surface area contributed by atoms with Gasteiger partial charge in [0.25, 0.3) is 5.56 Å². The zero-order chi connectivity index (χ0) is 13.8. The van der Waals surface area contributed by atoms with E-state index < -0.39 is 0 Å². The Balaban J connectivity index is 2.13. The number of hydrogen-bond donors (Lipinski definition) is 0. The first kappa shape index (κ1) is 14.0. The lowest BCUT2D eigenvalue weighted by atomic mass is 10.1. The van der Waals surface area contributed by atoms with Crippen LogP contribution in [0.15, 0.2) is 46.1 Å². The van der Waals surface area contributed by atoms with Crippen LogP contribution < -0.4 is 11.2 Å². The fourth-order valence-corrected chi connectivity index (χ4v) is 2.68. The first-order chi connectivity index (χ1) is 9.09. The summed E-state index contributed by atoms with van der Waals surface area (Å²) in [5, 5.41) is 0. The van der Waals surface area contributed by atoms with Gasteiger partial charge in [-0.3, -0.25) is 9.36 Å². The molecule has 0 fully saturated rings. The predicted molar refractivity (Wildman–Crippen MR) is 83.4 cm³/mol. The molecule has 0 aliphatic heterocycles. The molecule has 0 N–H and O–H groups in total. The standard InChI is InChI=1S/C14H15IN2O2/c1-16-10-12(15)13(18)17(14(16)19)9-5-8-11-6-3-2-4-7-11/h2-4,6-7,10H,5,8-9H2,1H3. The van der Waals surface area contributed by atoms with E-state index in [1.807, 2.05) is 40.8 Å². The van der Waals surface area contributed by atoms with Crippen molar-refractivity contribution in [3.05, 3.63) is 66.5 Å². The van der Waals surface area contributed by atoms with Crippen LogP contribution in [0.25, 0.3) is 0 Å². The van der Waals surface area contributed by atoms with Gasteiger partial charge >= 0.3 is 5.69 Å². The monoisotopic (exact) mass is 370 g/mol. The molecule has 0 saturated carbocycles. The molecule has 19 heavy (non-hydrogen) atoms. The third-order valence-corrected chi connectivity index (χ3v) is 3.72. The predicted octanol–water partition coefficient (Wildman–Crippen LogP) is 1.78. The van der Waals surface area contributed by atoms with E-state index in [0.29, 0.717) is 10.1 Å². The molecule has 0 aliphatic rings. The number of rotatable bonds is 4. The van der Waals surface area contributed by atoms with E-state index in [9.17, 15) is 9.59 Å². The van der Waals surface area contributed by atoms with Crippen LogP contribution >= 0.6 is 22.6 Å². The highest BCUT2D eigenvalue weighted by Gasteiger charge is 2.07. The number of aryl methyl sites for hydroxylation is 2. The summed E-state index contributed by atoms with van der Waals surface area (Å²) in [6, 6.07) is 10.1. The first-order valence-corrected chi connectivity index (χ1v) is 7.17. The van der Waals surface area contributed by atoms with Crippen LogP contribution in [-0.4, -0.2) is 9.13 Å². The number of aromatic nitrogens is 2. The molecule has 0 bridgehead atoms. The van der Waals surface area contributed by atoms with Crippen LogP contribution in [0.1, 0.15) is 12.0 Å². The average Bonchev–Trinajstić information content (AvgIpc) is 2.42. The van der Waals surface area contributed by atoms with Gasteiger partial charge in [0.2, 0.25) is 0 Å². The SMILES string of the molecule is Cn1cc(I)c(=O)n(CCCc2ccccc2)c1=O. The molecule has 0 saturated heterocycles. The maximum atomic E-state index is 11.9. The summed E-state index contributed by atoms with van der Waals surface area (Å²) in [5.41, 5.74) is 0.772. The van der Waals surface area contributed by atoms with Gasteiger partial charge in [-0.05, 0) is 41.0 Å². The van der Waals surface area contributed by atoms with Gasteiger partial charge in [0.1, 0.15) is 0 Å². The molecule has 4 nitrogen and oxygen atoms in total. The molecule has 0 spiro atoms. The Kier molecular flexibility index (Phi) is 4.57. The van der Waals surface area contributed by atoms with E-state index in [0.717, 1.165) is 12.8 Å². The van der Waals surface area contributed by atoms with E-state index in [-0.39, 0.29) is 11.2 Å². The third-order valence-electron chi connectivity index (χ3n) is 2.98. The van der Waals surface area contributed by atoms with Crippen molar-refractivity contribution >= 4 is 22.6 Å². The van der Waals surface area contributed by atoms with Crippen molar-refractivity contribution < 1.29 is 0 Å². The first-order valence-electron chi connectivity index (χ1n) is 6.09. The van der Waals surface area contributed by atoms with Crippen LogP contribution in [0, 0.1) is 3.57 Å². The Morgan fingerprint density at radius 3 is 2.53 bits per heavy atom.